The van der Waals surface area contributed by atoms with Crippen LogP contribution in [-0.2, 0) is 6.54 Å². The van der Waals surface area contributed by atoms with Crippen LogP contribution in [0.5, 0.6) is 11.5 Å². The second kappa shape index (κ2) is 7.38. The zero-order valence-corrected chi connectivity index (χ0v) is 14.0. The molecule has 3 rings (SSSR count). The van der Waals surface area contributed by atoms with E-state index < -0.39 is 0 Å². The molecule has 0 saturated heterocycles. The Hall–Kier alpha value is -2.50. The van der Waals surface area contributed by atoms with E-state index in [2.05, 4.69) is 10.3 Å². The number of carbonyl (C=O) groups is 1. The maximum atomic E-state index is 12.4. The Balaban J connectivity index is 1.70. The van der Waals surface area contributed by atoms with Crippen LogP contribution >= 0.6 is 0 Å². The normalized spacial score (nSPS) is 14.6. The van der Waals surface area contributed by atoms with Crippen LogP contribution in [0.3, 0.4) is 0 Å². The quantitative estimate of drug-likeness (QED) is 0.880. The third kappa shape index (κ3) is 3.69. The number of carbonyl (C=O) groups excluding carboxylic acids is 1. The van der Waals surface area contributed by atoms with Crippen LogP contribution < -0.4 is 14.8 Å². The standard InChI is InChI=1S/C18H22N2O4/c1-12-15(20-11-23-12)10-19-18(21)13-7-8-16(22-2)17(9-13)24-14-5-3-4-6-14/h7-9,11,14H,3-6,10H2,1-2H3,(H,19,21). The molecule has 1 aliphatic rings. The van der Waals surface area contributed by atoms with Gasteiger partial charge < -0.3 is 19.2 Å². The smallest absolute Gasteiger partial charge is 0.251 e. The van der Waals surface area contributed by atoms with Gasteiger partial charge in [-0.1, -0.05) is 0 Å². The van der Waals surface area contributed by atoms with Crippen molar-refractivity contribution in [1.29, 1.82) is 0 Å². The summed E-state index contributed by atoms with van der Waals surface area (Å²) in [7, 11) is 1.60. The zero-order valence-electron chi connectivity index (χ0n) is 14.0. The SMILES string of the molecule is COc1ccc(C(=O)NCc2ncoc2C)cc1OC1CCCC1. The van der Waals surface area contributed by atoms with E-state index in [1.807, 2.05) is 6.92 Å². The first kappa shape index (κ1) is 16.4. The van der Waals surface area contributed by atoms with Crippen LogP contribution in [0, 0.1) is 6.92 Å². The van der Waals surface area contributed by atoms with Crippen molar-refractivity contribution < 1.29 is 18.7 Å². The molecule has 1 aromatic carbocycles. The van der Waals surface area contributed by atoms with Crippen molar-refractivity contribution in [2.24, 2.45) is 0 Å². The van der Waals surface area contributed by atoms with Crippen molar-refractivity contribution in [2.75, 3.05) is 7.11 Å². The molecule has 24 heavy (non-hydrogen) atoms. The monoisotopic (exact) mass is 330 g/mol. The molecule has 0 spiro atoms. The highest BCUT2D eigenvalue weighted by atomic mass is 16.5. The maximum absolute atomic E-state index is 12.4. The molecule has 1 aromatic heterocycles. The molecule has 0 atom stereocenters. The summed E-state index contributed by atoms with van der Waals surface area (Å²) in [6, 6.07) is 5.23. The van der Waals surface area contributed by atoms with E-state index in [4.69, 9.17) is 13.9 Å². The van der Waals surface area contributed by atoms with Crippen molar-refractivity contribution in [1.82, 2.24) is 10.3 Å². The molecular formula is C18H22N2O4. The zero-order chi connectivity index (χ0) is 16.9. The van der Waals surface area contributed by atoms with E-state index >= 15 is 0 Å². The molecule has 0 radical (unpaired) electrons. The molecule has 128 valence electrons. The minimum atomic E-state index is -0.184. The first-order chi connectivity index (χ1) is 11.7. The minimum absolute atomic E-state index is 0.184. The fourth-order valence-electron chi connectivity index (χ4n) is 2.86. The van der Waals surface area contributed by atoms with Crippen molar-refractivity contribution in [2.45, 2.75) is 45.3 Å². The number of oxazole rings is 1. The van der Waals surface area contributed by atoms with Gasteiger partial charge in [-0.25, -0.2) is 4.98 Å². The Morgan fingerprint density at radius 3 is 2.79 bits per heavy atom. The summed E-state index contributed by atoms with van der Waals surface area (Å²) in [6.45, 7) is 2.14. The number of nitrogens with one attached hydrogen (secondary N) is 1. The second-order valence-corrected chi connectivity index (χ2v) is 5.93. The highest BCUT2D eigenvalue weighted by Crippen LogP contribution is 2.32. The van der Waals surface area contributed by atoms with Gasteiger partial charge in [0.1, 0.15) is 11.5 Å². The predicted molar refractivity (Wildman–Crippen MR) is 88.3 cm³/mol. The van der Waals surface area contributed by atoms with E-state index in [0.717, 1.165) is 18.5 Å². The molecule has 1 heterocycles. The van der Waals surface area contributed by atoms with Gasteiger partial charge in [-0.3, -0.25) is 4.79 Å². The molecule has 1 amide bonds. The molecule has 0 aliphatic heterocycles. The van der Waals surface area contributed by atoms with Crippen LogP contribution in [0.2, 0.25) is 0 Å². The van der Waals surface area contributed by atoms with Crippen LogP contribution in [-0.4, -0.2) is 24.1 Å². The minimum Gasteiger partial charge on any atom is -0.493 e. The first-order valence-corrected chi connectivity index (χ1v) is 8.19. The summed E-state index contributed by atoms with van der Waals surface area (Å²) in [5.41, 5.74) is 1.25. The Labute approximate surface area is 141 Å². The Bertz CT molecular complexity index is 705. The van der Waals surface area contributed by atoms with Gasteiger partial charge >= 0.3 is 0 Å². The van der Waals surface area contributed by atoms with Crippen LogP contribution in [0.1, 0.15) is 47.5 Å². The molecule has 1 fully saturated rings. The van der Waals surface area contributed by atoms with Gasteiger partial charge in [0.05, 0.1) is 19.8 Å². The average molecular weight is 330 g/mol. The van der Waals surface area contributed by atoms with Crippen molar-refractivity contribution in [3.05, 3.63) is 41.6 Å². The number of ether oxygens (including phenoxy) is 2. The van der Waals surface area contributed by atoms with Gasteiger partial charge in [0, 0.05) is 5.56 Å². The highest BCUT2D eigenvalue weighted by Gasteiger charge is 2.19. The Morgan fingerprint density at radius 2 is 2.12 bits per heavy atom. The number of methoxy groups -OCH3 is 1. The van der Waals surface area contributed by atoms with Crippen molar-refractivity contribution in [3.63, 3.8) is 0 Å². The predicted octanol–water partition coefficient (Wildman–Crippen LogP) is 3.24. The molecule has 6 heteroatoms. The lowest BCUT2D eigenvalue weighted by Gasteiger charge is -2.16. The summed E-state index contributed by atoms with van der Waals surface area (Å²) in [5, 5.41) is 2.84. The number of hydrogen-bond acceptors (Lipinski definition) is 5. The largest absolute Gasteiger partial charge is 0.493 e. The third-order valence-electron chi connectivity index (χ3n) is 4.28. The number of aromatic nitrogens is 1. The fourth-order valence-corrected chi connectivity index (χ4v) is 2.86. The molecular weight excluding hydrogens is 308 g/mol. The number of rotatable bonds is 6. The van der Waals surface area contributed by atoms with Gasteiger partial charge in [0.25, 0.3) is 5.91 Å². The molecule has 1 aliphatic carbocycles. The van der Waals surface area contributed by atoms with E-state index in [1.165, 1.54) is 19.2 Å². The molecule has 6 nitrogen and oxygen atoms in total. The van der Waals surface area contributed by atoms with Gasteiger partial charge in [-0.05, 0) is 50.8 Å². The number of hydrogen-bond donors (Lipinski definition) is 1. The van der Waals surface area contributed by atoms with Crippen molar-refractivity contribution >= 4 is 5.91 Å². The van der Waals surface area contributed by atoms with E-state index in [-0.39, 0.29) is 12.0 Å². The maximum Gasteiger partial charge on any atom is 0.251 e. The summed E-state index contributed by atoms with van der Waals surface area (Å²) in [4.78, 5) is 16.4. The van der Waals surface area contributed by atoms with Crippen LogP contribution in [0.4, 0.5) is 0 Å². The number of benzene rings is 1. The topological polar surface area (TPSA) is 73.6 Å². The third-order valence-corrected chi connectivity index (χ3v) is 4.28. The number of amides is 1. The van der Waals surface area contributed by atoms with Crippen LogP contribution in [0.25, 0.3) is 0 Å². The fraction of sp³-hybridized carbons (Fsp3) is 0.444. The number of aryl methyl sites for hydroxylation is 1. The lowest BCUT2D eigenvalue weighted by atomic mass is 10.1. The first-order valence-electron chi connectivity index (χ1n) is 8.19. The summed E-state index contributed by atoms with van der Waals surface area (Å²) >= 11 is 0. The average Bonchev–Trinajstić information content (AvgIpc) is 3.24. The van der Waals surface area contributed by atoms with Gasteiger partial charge in [0.15, 0.2) is 17.9 Å². The summed E-state index contributed by atoms with van der Waals surface area (Å²) < 4.78 is 16.5. The van der Waals surface area contributed by atoms with E-state index in [9.17, 15) is 4.79 Å². The molecule has 0 unspecified atom stereocenters. The lowest BCUT2D eigenvalue weighted by Crippen LogP contribution is -2.23. The van der Waals surface area contributed by atoms with Gasteiger partial charge in [-0.15, -0.1) is 0 Å². The Kier molecular flexibility index (Phi) is 5.03. The summed E-state index contributed by atoms with van der Waals surface area (Å²) in [6.07, 6.45) is 6.04. The summed E-state index contributed by atoms with van der Waals surface area (Å²) in [5.74, 6) is 1.78. The van der Waals surface area contributed by atoms with E-state index in [0.29, 0.717) is 29.4 Å². The molecule has 0 bridgehead atoms. The Morgan fingerprint density at radius 1 is 1.33 bits per heavy atom. The van der Waals surface area contributed by atoms with Crippen LogP contribution in [0.15, 0.2) is 29.0 Å². The lowest BCUT2D eigenvalue weighted by molar-refractivity contribution is 0.0949. The molecule has 2 aromatic rings. The molecule has 1 saturated carbocycles. The highest BCUT2D eigenvalue weighted by molar-refractivity contribution is 5.94. The van der Waals surface area contributed by atoms with Gasteiger partial charge in [0.2, 0.25) is 0 Å². The number of nitrogens with zero attached hydrogens (tertiary/aromatic N) is 1. The van der Waals surface area contributed by atoms with E-state index in [1.54, 1.807) is 25.3 Å². The van der Waals surface area contributed by atoms with Gasteiger partial charge in [-0.2, -0.15) is 0 Å². The molecule has 1 N–H and O–H groups in total. The second-order valence-electron chi connectivity index (χ2n) is 5.93. The van der Waals surface area contributed by atoms with Crippen molar-refractivity contribution in [3.8, 4) is 11.5 Å².